The van der Waals surface area contributed by atoms with E-state index in [2.05, 4.69) is 0 Å². The maximum absolute atomic E-state index is 11.3. The Labute approximate surface area is 80.1 Å². The summed E-state index contributed by atoms with van der Waals surface area (Å²) in [7, 11) is 0. The molecular weight excluding hydrogens is 184 g/mol. The van der Waals surface area contributed by atoms with E-state index in [0.717, 1.165) is 0 Å². The SMILES string of the molecule is CC1=C(O)C(=O)/C(=C/c2ccco2)O1. The molecule has 4 heteroatoms. The summed E-state index contributed by atoms with van der Waals surface area (Å²) in [6, 6.07) is 3.39. The van der Waals surface area contributed by atoms with Gasteiger partial charge in [0.1, 0.15) is 11.5 Å². The second kappa shape index (κ2) is 3.06. The average molecular weight is 192 g/mol. The largest absolute Gasteiger partial charge is 0.502 e. The monoisotopic (exact) mass is 192 g/mol. The molecule has 1 aromatic heterocycles. The maximum Gasteiger partial charge on any atom is 0.266 e. The first-order valence-electron chi connectivity index (χ1n) is 4.06. The van der Waals surface area contributed by atoms with Crippen molar-refractivity contribution in [3.63, 3.8) is 0 Å². The highest BCUT2D eigenvalue weighted by molar-refractivity contribution is 6.09. The van der Waals surface area contributed by atoms with E-state index < -0.39 is 5.78 Å². The van der Waals surface area contributed by atoms with Crippen molar-refractivity contribution in [2.75, 3.05) is 0 Å². The van der Waals surface area contributed by atoms with Crippen LogP contribution in [0.4, 0.5) is 0 Å². The van der Waals surface area contributed by atoms with Crippen LogP contribution in [0.15, 0.2) is 40.1 Å². The standard InChI is InChI=1S/C10H8O4/c1-6-9(11)10(12)8(14-6)5-7-3-2-4-13-7/h2-5,11H,1H3/b8-5-. The minimum atomic E-state index is -0.515. The topological polar surface area (TPSA) is 59.7 Å². The fourth-order valence-corrected chi connectivity index (χ4v) is 1.13. The van der Waals surface area contributed by atoms with Crippen molar-refractivity contribution in [1.82, 2.24) is 0 Å². The summed E-state index contributed by atoms with van der Waals surface area (Å²) >= 11 is 0. The van der Waals surface area contributed by atoms with Gasteiger partial charge >= 0.3 is 0 Å². The lowest BCUT2D eigenvalue weighted by Gasteiger charge is -1.95. The van der Waals surface area contributed by atoms with Crippen LogP contribution in [0.25, 0.3) is 6.08 Å². The van der Waals surface area contributed by atoms with E-state index in [1.807, 2.05) is 0 Å². The normalized spacial score (nSPS) is 19.2. The molecule has 0 aromatic carbocycles. The summed E-state index contributed by atoms with van der Waals surface area (Å²) in [5, 5.41) is 9.20. The van der Waals surface area contributed by atoms with Gasteiger partial charge in [-0.1, -0.05) is 0 Å². The molecule has 14 heavy (non-hydrogen) atoms. The second-order valence-corrected chi connectivity index (χ2v) is 2.86. The molecule has 0 radical (unpaired) electrons. The van der Waals surface area contributed by atoms with Crippen LogP contribution in [0.5, 0.6) is 0 Å². The van der Waals surface area contributed by atoms with Gasteiger partial charge in [-0.2, -0.15) is 0 Å². The van der Waals surface area contributed by atoms with Crippen LogP contribution in [0.2, 0.25) is 0 Å². The molecule has 72 valence electrons. The molecule has 0 bridgehead atoms. The number of carbonyl (C=O) groups excluding carboxylic acids is 1. The number of aliphatic hydroxyl groups excluding tert-OH is 1. The Morgan fingerprint density at radius 2 is 2.29 bits per heavy atom. The number of ketones is 1. The molecule has 0 spiro atoms. The summed E-state index contributed by atoms with van der Waals surface area (Å²) in [5.41, 5.74) is 0. The van der Waals surface area contributed by atoms with Crippen molar-refractivity contribution >= 4 is 11.9 Å². The molecule has 4 nitrogen and oxygen atoms in total. The quantitative estimate of drug-likeness (QED) is 0.691. The minimum Gasteiger partial charge on any atom is -0.502 e. The van der Waals surface area contributed by atoms with Crippen LogP contribution in [0.3, 0.4) is 0 Å². The van der Waals surface area contributed by atoms with E-state index in [9.17, 15) is 9.90 Å². The van der Waals surface area contributed by atoms with Crippen molar-refractivity contribution in [2.24, 2.45) is 0 Å². The lowest BCUT2D eigenvalue weighted by atomic mass is 10.2. The fourth-order valence-electron chi connectivity index (χ4n) is 1.13. The van der Waals surface area contributed by atoms with E-state index in [-0.39, 0.29) is 17.3 Å². The summed E-state index contributed by atoms with van der Waals surface area (Å²) in [6.45, 7) is 1.52. The Kier molecular flexibility index (Phi) is 1.89. The van der Waals surface area contributed by atoms with Gasteiger partial charge in [0.2, 0.25) is 5.76 Å². The summed E-state index contributed by atoms with van der Waals surface area (Å²) in [4.78, 5) is 11.3. The average Bonchev–Trinajstić information content (AvgIpc) is 2.73. The Hall–Kier alpha value is -1.97. The van der Waals surface area contributed by atoms with E-state index in [1.54, 1.807) is 12.1 Å². The molecule has 1 N–H and O–H groups in total. The molecule has 1 aliphatic heterocycles. The van der Waals surface area contributed by atoms with Crippen LogP contribution >= 0.6 is 0 Å². The number of aliphatic hydroxyl groups is 1. The van der Waals surface area contributed by atoms with Gasteiger partial charge in [0.25, 0.3) is 5.78 Å². The molecule has 0 unspecified atom stereocenters. The zero-order chi connectivity index (χ0) is 10.1. The van der Waals surface area contributed by atoms with Gasteiger partial charge in [0.05, 0.1) is 6.26 Å². The number of Topliss-reactive ketones (excluding diaryl/α,β-unsaturated/α-hetero) is 1. The molecular formula is C10H8O4. The van der Waals surface area contributed by atoms with Gasteiger partial charge in [-0.05, 0) is 19.1 Å². The Morgan fingerprint density at radius 3 is 2.79 bits per heavy atom. The number of hydrogen-bond donors (Lipinski definition) is 1. The third-order valence-corrected chi connectivity index (χ3v) is 1.85. The van der Waals surface area contributed by atoms with Crippen LogP contribution in [-0.4, -0.2) is 10.9 Å². The van der Waals surface area contributed by atoms with Crippen molar-refractivity contribution in [1.29, 1.82) is 0 Å². The first kappa shape index (κ1) is 8.62. The van der Waals surface area contributed by atoms with Gasteiger partial charge in [0.15, 0.2) is 5.76 Å². The van der Waals surface area contributed by atoms with Gasteiger partial charge in [0, 0.05) is 6.08 Å². The lowest BCUT2D eigenvalue weighted by Crippen LogP contribution is -1.98. The van der Waals surface area contributed by atoms with Crippen LogP contribution in [0.1, 0.15) is 12.7 Å². The second-order valence-electron chi connectivity index (χ2n) is 2.86. The molecule has 1 aromatic rings. The number of hydrogen-bond acceptors (Lipinski definition) is 4. The van der Waals surface area contributed by atoms with Gasteiger partial charge in [-0.3, -0.25) is 4.79 Å². The Bertz CT molecular complexity index is 423. The molecule has 0 atom stereocenters. The smallest absolute Gasteiger partial charge is 0.266 e. The number of rotatable bonds is 1. The highest BCUT2D eigenvalue weighted by atomic mass is 16.5. The summed E-state index contributed by atoms with van der Waals surface area (Å²) in [6.07, 6.45) is 2.93. The van der Waals surface area contributed by atoms with Crippen LogP contribution in [-0.2, 0) is 9.53 Å². The van der Waals surface area contributed by atoms with E-state index in [0.29, 0.717) is 5.76 Å². The van der Waals surface area contributed by atoms with E-state index in [4.69, 9.17) is 9.15 Å². The predicted octanol–water partition coefficient (Wildman–Crippen LogP) is 2.01. The molecule has 0 saturated carbocycles. The molecule has 0 amide bonds. The van der Waals surface area contributed by atoms with Gasteiger partial charge in [-0.25, -0.2) is 0 Å². The third kappa shape index (κ3) is 1.31. The summed E-state index contributed by atoms with van der Waals surface area (Å²) in [5.74, 6) is -0.0553. The maximum atomic E-state index is 11.3. The Morgan fingerprint density at radius 1 is 1.50 bits per heavy atom. The van der Waals surface area contributed by atoms with Crippen molar-refractivity contribution < 1.29 is 19.1 Å². The van der Waals surface area contributed by atoms with Gasteiger partial charge < -0.3 is 14.3 Å². The van der Waals surface area contributed by atoms with Crippen LogP contribution in [0, 0.1) is 0 Å². The molecule has 2 rings (SSSR count). The highest BCUT2D eigenvalue weighted by Gasteiger charge is 2.27. The molecule has 0 saturated heterocycles. The number of furan rings is 1. The fraction of sp³-hybridized carbons (Fsp3) is 0.100. The lowest BCUT2D eigenvalue weighted by molar-refractivity contribution is -0.115. The first-order valence-corrected chi connectivity index (χ1v) is 4.06. The van der Waals surface area contributed by atoms with Gasteiger partial charge in [-0.15, -0.1) is 0 Å². The van der Waals surface area contributed by atoms with E-state index >= 15 is 0 Å². The predicted molar refractivity (Wildman–Crippen MR) is 48.1 cm³/mol. The van der Waals surface area contributed by atoms with Crippen molar-refractivity contribution in [3.05, 3.63) is 41.4 Å². The molecule has 0 aliphatic carbocycles. The molecule has 0 fully saturated rings. The molecule has 1 aliphatic rings. The van der Waals surface area contributed by atoms with Crippen LogP contribution < -0.4 is 0 Å². The minimum absolute atomic E-state index is 0.0787. The van der Waals surface area contributed by atoms with E-state index in [1.165, 1.54) is 19.3 Å². The number of allylic oxidation sites excluding steroid dienone is 1. The third-order valence-electron chi connectivity index (χ3n) is 1.85. The zero-order valence-corrected chi connectivity index (χ0v) is 7.48. The number of carbonyl (C=O) groups is 1. The first-order chi connectivity index (χ1) is 6.68. The highest BCUT2D eigenvalue weighted by Crippen LogP contribution is 2.24. The summed E-state index contributed by atoms with van der Waals surface area (Å²) < 4.78 is 10.0. The number of ether oxygens (including phenoxy) is 1. The Balaban J connectivity index is 2.29. The van der Waals surface area contributed by atoms with Crippen molar-refractivity contribution in [2.45, 2.75) is 6.92 Å². The zero-order valence-electron chi connectivity index (χ0n) is 7.48. The molecule has 2 heterocycles. The van der Waals surface area contributed by atoms with Crippen molar-refractivity contribution in [3.8, 4) is 0 Å².